The van der Waals surface area contributed by atoms with Gasteiger partial charge in [-0.25, -0.2) is 14.4 Å². The van der Waals surface area contributed by atoms with Crippen LogP contribution in [0.3, 0.4) is 0 Å². The first-order chi connectivity index (χ1) is 21.8. The molecule has 0 saturated carbocycles. The van der Waals surface area contributed by atoms with Crippen LogP contribution in [0, 0.1) is 0 Å². The lowest BCUT2D eigenvalue weighted by molar-refractivity contribution is -0.138. The Kier molecular flexibility index (Phi) is 14.0. The van der Waals surface area contributed by atoms with E-state index >= 15 is 0 Å². The van der Waals surface area contributed by atoms with Crippen LogP contribution in [0.1, 0.15) is 61.7 Å². The van der Waals surface area contributed by atoms with E-state index in [9.17, 15) is 24.0 Å². The normalized spacial score (nSPS) is 10.4. The zero-order valence-corrected chi connectivity index (χ0v) is 25.0. The number of carbonyl (C=O) groups is 5. The molecule has 0 saturated heterocycles. The molecule has 45 heavy (non-hydrogen) atoms. The van der Waals surface area contributed by atoms with Crippen LogP contribution in [0.2, 0.25) is 0 Å². The number of hydrogen-bond acceptors (Lipinski definition) is 10. The summed E-state index contributed by atoms with van der Waals surface area (Å²) in [5.74, 6) is -1.23. The van der Waals surface area contributed by atoms with Crippen molar-refractivity contribution in [1.29, 1.82) is 0 Å². The largest absolute Gasteiger partial charge is 0.463 e. The van der Waals surface area contributed by atoms with Gasteiger partial charge < -0.3 is 23.7 Å². The van der Waals surface area contributed by atoms with E-state index in [-0.39, 0.29) is 37.8 Å². The Morgan fingerprint density at radius 1 is 0.533 bits per heavy atom. The first-order valence-corrected chi connectivity index (χ1v) is 14.6. The molecule has 0 atom stereocenters. The maximum absolute atomic E-state index is 12.8. The van der Waals surface area contributed by atoms with Crippen LogP contribution in [0.5, 0.6) is 17.2 Å². The molecule has 0 heterocycles. The molecule has 0 aliphatic rings. The molecule has 0 unspecified atom stereocenters. The fourth-order valence-electron chi connectivity index (χ4n) is 4.08. The molecule has 10 nitrogen and oxygen atoms in total. The Morgan fingerprint density at radius 2 is 1.00 bits per heavy atom. The summed E-state index contributed by atoms with van der Waals surface area (Å²) in [4.78, 5) is 59.0. The van der Waals surface area contributed by atoms with Crippen molar-refractivity contribution in [2.24, 2.45) is 0 Å². The number of carbonyl (C=O) groups excluding carboxylic acids is 5. The van der Waals surface area contributed by atoms with E-state index in [1.54, 1.807) is 48.5 Å². The van der Waals surface area contributed by atoms with Crippen molar-refractivity contribution in [3.63, 3.8) is 0 Å². The van der Waals surface area contributed by atoms with Crippen LogP contribution in [-0.4, -0.2) is 43.1 Å². The average Bonchev–Trinajstić information content (AvgIpc) is 3.04. The standard InChI is InChI=1S/C35H36O10/c1-3-31(36)41-21-9-5-7-11-33(38)43-28-17-19-29(20-18-28)45-35(40)27-14-13-26-24-30(16-15-25(26)23-27)44-34(39)12-8-6-10-22-42-32(37)4-2/h3-4,13-20,23-24H,1-2,5-12,21-22H2. The van der Waals surface area contributed by atoms with E-state index in [4.69, 9.17) is 23.7 Å². The topological polar surface area (TPSA) is 132 Å². The lowest BCUT2D eigenvalue weighted by Crippen LogP contribution is -2.09. The molecule has 3 aromatic carbocycles. The number of rotatable bonds is 18. The van der Waals surface area contributed by atoms with Gasteiger partial charge in [-0.3, -0.25) is 9.59 Å². The van der Waals surface area contributed by atoms with Gasteiger partial charge in [-0.05, 0) is 97.8 Å². The Morgan fingerprint density at radius 3 is 1.56 bits per heavy atom. The van der Waals surface area contributed by atoms with Gasteiger partial charge >= 0.3 is 29.8 Å². The molecule has 0 amide bonds. The van der Waals surface area contributed by atoms with Crippen molar-refractivity contribution in [3.8, 4) is 17.2 Å². The van der Waals surface area contributed by atoms with E-state index in [1.165, 1.54) is 12.1 Å². The average molecular weight is 617 g/mol. The maximum Gasteiger partial charge on any atom is 0.343 e. The van der Waals surface area contributed by atoms with Gasteiger partial charge in [-0.15, -0.1) is 0 Å². The Hall–Kier alpha value is -5.25. The zero-order chi connectivity index (χ0) is 32.4. The molecule has 0 spiro atoms. The number of ether oxygens (including phenoxy) is 5. The molecule has 0 fully saturated rings. The molecule has 0 radical (unpaired) electrons. The minimum absolute atomic E-state index is 0.218. The summed E-state index contributed by atoms with van der Waals surface area (Å²) in [6.45, 7) is 7.22. The molecule has 236 valence electrons. The Balaban J connectivity index is 1.41. The SMILES string of the molecule is C=CC(=O)OCCCCCC(=O)Oc1ccc(OC(=O)c2ccc3cc(OC(=O)CCCCCOC(=O)C=C)ccc3c2)cc1. The van der Waals surface area contributed by atoms with Gasteiger partial charge in [0, 0.05) is 25.0 Å². The minimum Gasteiger partial charge on any atom is -0.463 e. The third-order valence-electron chi connectivity index (χ3n) is 6.42. The third kappa shape index (κ3) is 12.5. The minimum atomic E-state index is -0.560. The van der Waals surface area contributed by atoms with E-state index in [2.05, 4.69) is 13.2 Å². The van der Waals surface area contributed by atoms with Crippen LogP contribution in [0.4, 0.5) is 0 Å². The highest BCUT2D eigenvalue weighted by Gasteiger charge is 2.12. The number of hydrogen-bond donors (Lipinski definition) is 0. The highest BCUT2D eigenvalue weighted by Crippen LogP contribution is 2.24. The van der Waals surface area contributed by atoms with Gasteiger partial charge in [-0.1, -0.05) is 25.3 Å². The number of esters is 5. The first kappa shape index (κ1) is 34.2. The van der Waals surface area contributed by atoms with Gasteiger partial charge in [0.1, 0.15) is 17.2 Å². The van der Waals surface area contributed by atoms with Gasteiger partial charge in [-0.2, -0.15) is 0 Å². The van der Waals surface area contributed by atoms with E-state index < -0.39 is 23.9 Å². The van der Waals surface area contributed by atoms with Crippen LogP contribution < -0.4 is 14.2 Å². The summed E-state index contributed by atoms with van der Waals surface area (Å²) < 4.78 is 26.0. The van der Waals surface area contributed by atoms with Crippen LogP contribution in [0.15, 0.2) is 86.0 Å². The van der Waals surface area contributed by atoms with Gasteiger partial charge in [0.05, 0.1) is 18.8 Å². The van der Waals surface area contributed by atoms with Crippen molar-refractivity contribution in [1.82, 2.24) is 0 Å². The highest BCUT2D eigenvalue weighted by atomic mass is 16.5. The predicted octanol–water partition coefficient (Wildman–Crippen LogP) is 6.45. The molecule has 0 N–H and O–H groups in total. The molecule has 0 aromatic heterocycles. The van der Waals surface area contributed by atoms with E-state index in [1.807, 2.05) is 0 Å². The molecular weight excluding hydrogens is 580 g/mol. The van der Waals surface area contributed by atoms with Crippen LogP contribution >= 0.6 is 0 Å². The molecule has 0 aliphatic heterocycles. The zero-order valence-electron chi connectivity index (χ0n) is 25.0. The molecule has 0 aliphatic carbocycles. The monoisotopic (exact) mass is 616 g/mol. The van der Waals surface area contributed by atoms with Crippen molar-refractivity contribution < 1.29 is 47.7 Å². The van der Waals surface area contributed by atoms with Crippen molar-refractivity contribution >= 4 is 40.6 Å². The fraction of sp³-hybridized carbons (Fsp3) is 0.286. The second kappa shape index (κ2) is 18.4. The number of unbranched alkanes of at least 4 members (excludes halogenated alkanes) is 4. The molecule has 3 aromatic rings. The summed E-state index contributed by atoms with van der Waals surface area (Å²) in [6, 6.07) is 16.3. The second-order valence-electron chi connectivity index (χ2n) is 9.90. The van der Waals surface area contributed by atoms with Crippen molar-refractivity contribution in [3.05, 3.63) is 91.5 Å². The maximum atomic E-state index is 12.8. The molecule has 10 heteroatoms. The van der Waals surface area contributed by atoms with Crippen molar-refractivity contribution in [2.45, 2.75) is 51.4 Å². The second-order valence-corrected chi connectivity index (χ2v) is 9.90. The van der Waals surface area contributed by atoms with E-state index in [0.29, 0.717) is 55.6 Å². The van der Waals surface area contributed by atoms with Crippen LogP contribution in [-0.2, 0) is 28.7 Å². The highest BCUT2D eigenvalue weighted by molar-refractivity contribution is 5.97. The lowest BCUT2D eigenvalue weighted by atomic mass is 10.1. The number of fused-ring (bicyclic) bond motifs is 1. The third-order valence-corrected chi connectivity index (χ3v) is 6.42. The predicted molar refractivity (Wildman–Crippen MR) is 166 cm³/mol. The lowest BCUT2D eigenvalue weighted by Gasteiger charge is -2.09. The van der Waals surface area contributed by atoms with Gasteiger partial charge in [0.15, 0.2) is 0 Å². The summed E-state index contributed by atoms with van der Waals surface area (Å²) in [6.07, 6.45) is 6.58. The Bertz CT molecular complexity index is 1510. The van der Waals surface area contributed by atoms with E-state index in [0.717, 1.165) is 22.9 Å². The van der Waals surface area contributed by atoms with Crippen molar-refractivity contribution in [2.75, 3.05) is 13.2 Å². The fourth-order valence-corrected chi connectivity index (χ4v) is 4.08. The van der Waals surface area contributed by atoms with Gasteiger partial charge in [0.25, 0.3) is 0 Å². The molecule has 0 bridgehead atoms. The summed E-state index contributed by atoms with van der Waals surface area (Å²) >= 11 is 0. The van der Waals surface area contributed by atoms with Gasteiger partial charge in [0.2, 0.25) is 0 Å². The summed E-state index contributed by atoms with van der Waals surface area (Å²) in [5.41, 5.74) is 0.334. The molecular formula is C35H36O10. The smallest absolute Gasteiger partial charge is 0.343 e. The summed E-state index contributed by atoms with van der Waals surface area (Å²) in [5, 5.41) is 1.54. The summed E-state index contributed by atoms with van der Waals surface area (Å²) in [7, 11) is 0. The Labute approximate surface area is 261 Å². The molecule has 3 rings (SSSR count). The van der Waals surface area contributed by atoms with Crippen LogP contribution in [0.25, 0.3) is 10.8 Å². The number of benzene rings is 3. The first-order valence-electron chi connectivity index (χ1n) is 14.6. The quantitative estimate of drug-likeness (QED) is 0.0680.